The van der Waals surface area contributed by atoms with Gasteiger partial charge in [-0.3, -0.25) is 4.90 Å². The molecule has 1 aliphatic heterocycles. The van der Waals surface area contributed by atoms with Crippen molar-refractivity contribution in [1.29, 1.82) is 0 Å². The van der Waals surface area contributed by atoms with Crippen LogP contribution in [0, 0.1) is 0 Å². The van der Waals surface area contributed by atoms with Gasteiger partial charge < -0.3 is 14.8 Å². The Balaban J connectivity index is 0.000000921. The van der Waals surface area contributed by atoms with Gasteiger partial charge in [-0.2, -0.15) is 0 Å². The first-order valence-corrected chi connectivity index (χ1v) is 5.86. The molecule has 90 valence electrons. The van der Waals surface area contributed by atoms with E-state index < -0.39 is 0 Å². The highest BCUT2D eigenvalue weighted by Crippen LogP contribution is 2.00. The van der Waals surface area contributed by atoms with Crippen LogP contribution in [0.25, 0.3) is 0 Å². The number of nitrogens with zero attached hydrogens (tertiary/aromatic N) is 2. The molecule has 1 N–H and O–H groups in total. The fourth-order valence-corrected chi connectivity index (χ4v) is 1.60. The Hall–Kier alpha value is -0.450. The Bertz CT molecular complexity index is 146. The van der Waals surface area contributed by atoms with E-state index >= 15 is 0 Å². The van der Waals surface area contributed by atoms with Gasteiger partial charge in [0.25, 0.3) is 0 Å². The molecule has 1 aliphatic rings. The maximum absolute atomic E-state index is 10.2. The molecule has 0 atom stereocenters. The molecule has 4 nitrogen and oxygen atoms in total. The Labute approximate surface area is 92.9 Å². The minimum atomic E-state index is 0.272. The summed E-state index contributed by atoms with van der Waals surface area (Å²) in [6, 6.07) is 0. The van der Waals surface area contributed by atoms with Crippen molar-refractivity contribution in [2.45, 2.75) is 20.3 Å². The summed E-state index contributed by atoms with van der Waals surface area (Å²) in [4.78, 5) is 14.7. The first-order chi connectivity index (χ1) is 7.36. The quantitative estimate of drug-likeness (QED) is 0.667. The lowest BCUT2D eigenvalue weighted by Crippen LogP contribution is -2.47. The largest absolute Gasteiger partial charge is 0.396 e. The van der Waals surface area contributed by atoms with Crippen LogP contribution < -0.4 is 0 Å². The number of carbonyl (C=O) groups excluding carboxylic acids is 1. The number of aldehydes is 1. The third-order valence-corrected chi connectivity index (χ3v) is 2.43. The molecule has 0 amide bonds. The third-order valence-electron chi connectivity index (χ3n) is 2.43. The van der Waals surface area contributed by atoms with E-state index in [1.165, 1.54) is 0 Å². The Kier molecular flexibility index (Phi) is 9.78. The number of hydrogen-bond acceptors (Lipinski definition) is 4. The van der Waals surface area contributed by atoms with Crippen LogP contribution in [0.15, 0.2) is 0 Å². The van der Waals surface area contributed by atoms with Crippen LogP contribution in [0.1, 0.15) is 20.3 Å². The fraction of sp³-hybridized carbons (Fsp3) is 0.909. The second kappa shape index (κ2) is 10.1. The molecule has 15 heavy (non-hydrogen) atoms. The predicted molar refractivity (Wildman–Crippen MR) is 62.0 cm³/mol. The minimum Gasteiger partial charge on any atom is -0.396 e. The number of hydrogen-bond donors (Lipinski definition) is 1. The lowest BCUT2D eigenvalue weighted by Gasteiger charge is -2.33. The Morgan fingerprint density at radius 3 is 2.13 bits per heavy atom. The van der Waals surface area contributed by atoms with Gasteiger partial charge in [-0.05, 0) is 6.42 Å². The molecule has 0 spiro atoms. The van der Waals surface area contributed by atoms with Crippen LogP contribution in [-0.4, -0.2) is 67.1 Å². The number of piperazine rings is 1. The van der Waals surface area contributed by atoms with Crippen molar-refractivity contribution in [2.75, 3.05) is 45.9 Å². The van der Waals surface area contributed by atoms with Crippen LogP contribution in [0.4, 0.5) is 0 Å². The molecule has 1 rings (SSSR count). The van der Waals surface area contributed by atoms with Crippen LogP contribution in [0.5, 0.6) is 0 Å². The molecule has 1 fully saturated rings. The zero-order valence-electron chi connectivity index (χ0n) is 9.98. The second-order valence-electron chi connectivity index (χ2n) is 3.39. The molecular formula is C11H24N2O2. The number of aliphatic hydroxyl groups is 1. The van der Waals surface area contributed by atoms with Gasteiger partial charge in [-0.25, -0.2) is 0 Å². The van der Waals surface area contributed by atoms with Gasteiger partial charge >= 0.3 is 0 Å². The molecule has 0 unspecified atom stereocenters. The first-order valence-electron chi connectivity index (χ1n) is 5.86. The fourth-order valence-electron chi connectivity index (χ4n) is 1.60. The molecular weight excluding hydrogens is 192 g/mol. The van der Waals surface area contributed by atoms with Crippen molar-refractivity contribution in [1.82, 2.24) is 9.80 Å². The highest BCUT2D eigenvalue weighted by atomic mass is 16.3. The number of aliphatic hydroxyl groups excluding tert-OH is 1. The number of rotatable bonds is 5. The van der Waals surface area contributed by atoms with E-state index in [1.807, 2.05) is 13.8 Å². The number of carbonyl (C=O) groups is 1. The van der Waals surface area contributed by atoms with Gasteiger partial charge in [-0.15, -0.1) is 0 Å². The lowest BCUT2D eigenvalue weighted by atomic mass is 10.3. The summed E-state index contributed by atoms with van der Waals surface area (Å²) >= 11 is 0. The van der Waals surface area contributed by atoms with Gasteiger partial charge in [0.05, 0.1) is 6.54 Å². The van der Waals surface area contributed by atoms with Crippen molar-refractivity contribution in [2.24, 2.45) is 0 Å². The van der Waals surface area contributed by atoms with Gasteiger partial charge in [0.2, 0.25) is 0 Å². The maximum atomic E-state index is 10.2. The van der Waals surface area contributed by atoms with Crippen molar-refractivity contribution >= 4 is 6.29 Å². The molecule has 0 bridgehead atoms. The van der Waals surface area contributed by atoms with E-state index in [1.54, 1.807) is 0 Å². The summed E-state index contributed by atoms with van der Waals surface area (Å²) in [7, 11) is 0. The first kappa shape index (κ1) is 14.6. The molecule has 1 heterocycles. The molecule has 4 heteroatoms. The van der Waals surface area contributed by atoms with E-state index in [0.717, 1.165) is 45.4 Å². The zero-order chi connectivity index (χ0) is 11.5. The van der Waals surface area contributed by atoms with Crippen molar-refractivity contribution in [3.63, 3.8) is 0 Å². The normalized spacial score (nSPS) is 18.1. The molecule has 0 aromatic heterocycles. The summed E-state index contributed by atoms with van der Waals surface area (Å²) < 4.78 is 0. The highest BCUT2D eigenvalue weighted by molar-refractivity contribution is 5.51. The molecule has 0 aliphatic carbocycles. The lowest BCUT2D eigenvalue weighted by molar-refractivity contribution is -0.109. The maximum Gasteiger partial charge on any atom is 0.133 e. The summed E-state index contributed by atoms with van der Waals surface area (Å²) in [6.07, 6.45) is 1.82. The zero-order valence-corrected chi connectivity index (χ0v) is 9.98. The summed E-state index contributed by atoms with van der Waals surface area (Å²) in [5, 5.41) is 8.65. The third kappa shape index (κ3) is 6.60. The van der Waals surface area contributed by atoms with Crippen molar-refractivity contribution in [3.05, 3.63) is 0 Å². The molecule has 0 radical (unpaired) electrons. The summed E-state index contributed by atoms with van der Waals surface area (Å²) in [5.41, 5.74) is 0. The van der Waals surface area contributed by atoms with E-state index in [9.17, 15) is 4.79 Å². The standard InChI is InChI=1S/C9H18N2O2.C2H6/c12-8-1-2-10-3-5-11(6-4-10)7-9-13;1-2/h9,12H,1-8H2;1-2H3. The molecule has 0 saturated carbocycles. The molecule has 0 aromatic rings. The minimum absolute atomic E-state index is 0.272. The van der Waals surface area contributed by atoms with E-state index in [0.29, 0.717) is 6.54 Å². The molecule has 1 saturated heterocycles. The van der Waals surface area contributed by atoms with Crippen LogP contribution in [-0.2, 0) is 4.79 Å². The van der Waals surface area contributed by atoms with E-state index in [4.69, 9.17) is 5.11 Å². The molecule has 0 aromatic carbocycles. The van der Waals surface area contributed by atoms with E-state index in [-0.39, 0.29) is 6.61 Å². The second-order valence-corrected chi connectivity index (χ2v) is 3.39. The van der Waals surface area contributed by atoms with Crippen LogP contribution >= 0.6 is 0 Å². The predicted octanol–water partition coefficient (Wildman–Crippen LogP) is 0.212. The monoisotopic (exact) mass is 216 g/mol. The van der Waals surface area contributed by atoms with Gasteiger partial charge in [0, 0.05) is 39.3 Å². The summed E-state index contributed by atoms with van der Waals surface area (Å²) in [5.74, 6) is 0. The summed E-state index contributed by atoms with van der Waals surface area (Å²) in [6.45, 7) is 9.81. The average Bonchev–Trinajstić information content (AvgIpc) is 2.31. The van der Waals surface area contributed by atoms with Crippen molar-refractivity contribution in [3.8, 4) is 0 Å². The highest BCUT2D eigenvalue weighted by Gasteiger charge is 2.15. The average molecular weight is 216 g/mol. The smallest absolute Gasteiger partial charge is 0.133 e. The Morgan fingerprint density at radius 1 is 1.13 bits per heavy atom. The van der Waals surface area contributed by atoms with Crippen molar-refractivity contribution < 1.29 is 9.90 Å². The van der Waals surface area contributed by atoms with Gasteiger partial charge in [0.15, 0.2) is 0 Å². The Morgan fingerprint density at radius 2 is 1.67 bits per heavy atom. The SMILES string of the molecule is CC.O=CCN1CCN(CCCO)CC1. The van der Waals surface area contributed by atoms with Gasteiger partial charge in [-0.1, -0.05) is 13.8 Å². The topological polar surface area (TPSA) is 43.8 Å². The van der Waals surface area contributed by atoms with Crippen LogP contribution in [0.2, 0.25) is 0 Å². The van der Waals surface area contributed by atoms with Gasteiger partial charge in [0.1, 0.15) is 6.29 Å². The van der Waals surface area contributed by atoms with E-state index in [2.05, 4.69) is 9.80 Å². The van der Waals surface area contributed by atoms with Crippen LogP contribution in [0.3, 0.4) is 0 Å².